The van der Waals surface area contributed by atoms with E-state index in [1.54, 1.807) is 0 Å². The van der Waals surface area contributed by atoms with Crippen molar-refractivity contribution in [3.05, 3.63) is 12.3 Å². The van der Waals surface area contributed by atoms with Crippen LogP contribution in [0.4, 0.5) is 0 Å². The van der Waals surface area contributed by atoms with Crippen molar-refractivity contribution in [2.75, 3.05) is 0 Å². The number of ketones is 1. The van der Waals surface area contributed by atoms with Crippen LogP contribution in [0.2, 0.25) is 0 Å². The zero-order valence-electron chi connectivity index (χ0n) is 8.66. The van der Waals surface area contributed by atoms with Gasteiger partial charge in [-0.1, -0.05) is 6.92 Å². The first-order valence-electron chi connectivity index (χ1n) is 5.16. The summed E-state index contributed by atoms with van der Waals surface area (Å²) in [5.74, 6) is -0.0131. The maximum atomic E-state index is 11.3. The van der Waals surface area contributed by atoms with E-state index in [4.69, 9.17) is 9.47 Å². The molecule has 0 unspecified atom stereocenters. The Morgan fingerprint density at radius 2 is 2.29 bits per heavy atom. The van der Waals surface area contributed by atoms with Gasteiger partial charge >= 0.3 is 0 Å². The number of rotatable bonds is 0. The Hall–Kier alpha value is -0.830. The molecule has 1 fully saturated rings. The van der Waals surface area contributed by atoms with Crippen molar-refractivity contribution in [2.45, 2.75) is 45.0 Å². The van der Waals surface area contributed by atoms with Crippen molar-refractivity contribution in [3.63, 3.8) is 0 Å². The van der Waals surface area contributed by atoms with Crippen LogP contribution in [-0.4, -0.2) is 17.7 Å². The maximum absolute atomic E-state index is 11.3. The van der Waals surface area contributed by atoms with Crippen LogP contribution < -0.4 is 0 Å². The van der Waals surface area contributed by atoms with Crippen LogP contribution in [0.1, 0.15) is 33.1 Å². The average molecular weight is 196 g/mol. The molecule has 3 heteroatoms. The molecule has 0 aromatic rings. The maximum Gasteiger partial charge on any atom is 0.217 e. The molecule has 3 atom stereocenters. The highest BCUT2D eigenvalue weighted by Crippen LogP contribution is 2.37. The first-order chi connectivity index (χ1) is 6.61. The standard InChI is InChI=1S/C11H16O3/c1-8-3-5-11(14-9(8)2)7-10(12)4-6-13-11/h4,6,8-9H,3,5,7H2,1-2H3/t8-,9+,11+/m0/s1. The van der Waals surface area contributed by atoms with Crippen molar-refractivity contribution < 1.29 is 14.3 Å². The molecule has 14 heavy (non-hydrogen) atoms. The summed E-state index contributed by atoms with van der Waals surface area (Å²) in [7, 11) is 0. The normalized spacial score (nSPS) is 42.6. The molecular weight excluding hydrogens is 180 g/mol. The van der Waals surface area contributed by atoms with Crippen LogP contribution in [0, 0.1) is 5.92 Å². The Balaban J connectivity index is 2.10. The molecule has 0 aliphatic carbocycles. The fourth-order valence-corrected chi connectivity index (χ4v) is 2.01. The van der Waals surface area contributed by atoms with Gasteiger partial charge < -0.3 is 9.47 Å². The minimum atomic E-state index is -0.655. The topological polar surface area (TPSA) is 35.5 Å². The Kier molecular flexibility index (Phi) is 2.35. The van der Waals surface area contributed by atoms with Crippen molar-refractivity contribution in [3.8, 4) is 0 Å². The second-order valence-corrected chi connectivity index (χ2v) is 4.31. The SMILES string of the molecule is C[C@H]1CC[C@]2(CC(=O)C=CO2)O[C@@H]1C. The van der Waals surface area contributed by atoms with E-state index in [0.29, 0.717) is 12.3 Å². The largest absolute Gasteiger partial charge is 0.469 e. The van der Waals surface area contributed by atoms with Gasteiger partial charge in [0.2, 0.25) is 5.79 Å². The third-order valence-electron chi connectivity index (χ3n) is 3.16. The van der Waals surface area contributed by atoms with Crippen molar-refractivity contribution in [1.29, 1.82) is 0 Å². The first-order valence-corrected chi connectivity index (χ1v) is 5.16. The van der Waals surface area contributed by atoms with Gasteiger partial charge in [-0.15, -0.1) is 0 Å². The third kappa shape index (κ3) is 1.69. The third-order valence-corrected chi connectivity index (χ3v) is 3.16. The van der Waals surface area contributed by atoms with Crippen molar-refractivity contribution in [1.82, 2.24) is 0 Å². The average Bonchev–Trinajstić information content (AvgIpc) is 2.12. The van der Waals surface area contributed by atoms with Crippen LogP contribution >= 0.6 is 0 Å². The van der Waals surface area contributed by atoms with Crippen LogP contribution in [0.5, 0.6) is 0 Å². The number of carbonyl (C=O) groups excluding carboxylic acids is 1. The van der Waals surface area contributed by atoms with E-state index < -0.39 is 5.79 Å². The molecular formula is C11H16O3. The Morgan fingerprint density at radius 1 is 1.50 bits per heavy atom. The predicted molar refractivity (Wildman–Crippen MR) is 51.5 cm³/mol. The molecule has 1 spiro atoms. The Bertz CT molecular complexity index is 272. The summed E-state index contributed by atoms with van der Waals surface area (Å²) in [6, 6.07) is 0. The lowest BCUT2D eigenvalue weighted by molar-refractivity contribution is -0.266. The van der Waals surface area contributed by atoms with Gasteiger partial charge in [0.25, 0.3) is 0 Å². The number of carbonyl (C=O) groups is 1. The molecule has 2 aliphatic heterocycles. The molecule has 0 amide bonds. The van der Waals surface area contributed by atoms with Gasteiger partial charge in [-0.05, 0) is 19.3 Å². The summed E-state index contributed by atoms with van der Waals surface area (Å²) in [5, 5.41) is 0. The molecule has 0 aromatic carbocycles. The van der Waals surface area contributed by atoms with Gasteiger partial charge in [0, 0.05) is 12.5 Å². The van der Waals surface area contributed by atoms with E-state index in [1.165, 1.54) is 12.3 Å². The highest BCUT2D eigenvalue weighted by Gasteiger charge is 2.42. The van der Waals surface area contributed by atoms with Gasteiger partial charge in [-0.2, -0.15) is 0 Å². The van der Waals surface area contributed by atoms with E-state index >= 15 is 0 Å². The molecule has 0 bridgehead atoms. The molecule has 2 heterocycles. The lowest BCUT2D eigenvalue weighted by atomic mass is 9.89. The van der Waals surface area contributed by atoms with Crippen LogP contribution in [0.25, 0.3) is 0 Å². The molecule has 78 valence electrons. The number of allylic oxidation sites excluding steroid dienone is 1. The minimum absolute atomic E-state index is 0.0954. The number of ether oxygens (including phenoxy) is 2. The first kappa shape index (κ1) is 9.71. The lowest BCUT2D eigenvalue weighted by Crippen LogP contribution is -2.46. The second kappa shape index (κ2) is 3.39. The quantitative estimate of drug-likeness (QED) is 0.594. The van der Waals surface area contributed by atoms with Gasteiger partial charge in [0.15, 0.2) is 5.78 Å². The van der Waals surface area contributed by atoms with Crippen molar-refractivity contribution >= 4 is 5.78 Å². The molecule has 0 radical (unpaired) electrons. The molecule has 0 saturated carbocycles. The zero-order chi connectivity index (χ0) is 10.2. The lowest BCUT2D eigenvalue weighted by Gasteiger charge is -2.42. The minimum Gasteiger partial charge on any atom is -0.469 e. The van der Waals surface area contributed by atoms with E-state index in [0.717, 1.165) is 12.8 Å². The summed E-state index contributed by atoms with van der Waals surface area (Å²) < 4.78 is 11.3. The van der Waals surface area contributed by atoms with E-state index in [-0.39, 0.29) is 11.9 Å². The molecule has 2 rings (SSSR count). The molecule has 0 N–H and O–H groups in total. The van der Waals surface area contributed by atoms with Gasteiger partial charge in [-0.25, -0.2) is 0 Å². The smallest absolute Gasteiger partial charge is 0.217 e. The van der Waals surface area contributed by atoms with Gasteiger partial charge in [-0.3, -0.25) is 4.79 Å². The summed E-state index contributed by atoms with van der Waals surface area (Å²) >= 11 is 0. The number of hydrogen-bond acceptors (Lipinski definition) is 3. The van der Waals surface area contributed by atoms with Gasteiger partial charge in [0.1, 0.15) is 0 Å². The fraction of sp³-hybridized carbons (Fsp3) is 0.727. The Labute approximate surface area is 84.1 Å². The molecule has 2 aliphatic rings. The van der Waals surface area contributed by atoms with E-state index in [9.17, 15) is 4.79 Å². The fourth-order valence-electron chi connectivity index (χ4n) is 2.01. The molecule has 1 saturated heterocycles. The summed E-state index contributed by atoms with van der Waals surface area (Å²) in [5.41, 5.74) is 0. The molecule has 3 nitrogen and oxygen atoms in total. The highest BCUT2D eigenvalue weighted by molar-refractivity contribution is 5.90. The predicted octanol–water partition coefficient (Wildman–Crippen LogP) is 2.02. The molecule has 0 aromatic heterocycles. The summed E-state index contributed by atoms with van der Waals surface area (Å²) in [6.45, 7) is 4.20. The highest BCUT2D eigenvalue weighted by atomic mass is 16.7. The van der Waals surface area contributed by atoms with Crippen molar-refractivity contribution in [2.24, 2.45) is 5.92 Å². The second-order valence-electron chi connectivity index (χ2n) is 4.31. The Morgan fingerprint density at radius 3 is 2.93 bits per heavy atom. The van der Waals surface area contributed by atoms with E-state index in [2.05, 4.69) is 6.92 Å². The van der Waals surface area contributed by atoms with E-state index in [1.807, 2.05) is 6.92 Å². The van der Waals surface area contributed by atoms with Crippen LogP contribution in [0.15, 0.2) is 12.3 Å². The summed E-state index contributed by atoms with van der Waals surface area (Å²) in [4.78, 5) is 11.3. The summed E-state index contributed by atoms with van der Waals surface area (Å²) in [6.07, 6.45) is 5.34. The van der Waals surface area contributed by atoms with Crippen LogP contribution in [0.3, 0.4) is 0 Å². The zero-order valence-corrected chi connectivity index (χ0v) is 8.66. The van der Waals surface area contributed by atoms with Crippen LogP contribution in [-0.2, 0) is 14.3 Å². The monoisotopic (exact) mass is 196 g/mol. The number of hydrogen-bond donors (Lipinski definition) is 0. The van der Waals surface area contributed by atoms with Gasteiger partial charge in [0.05, 0.1) is 18.8 Å².